The van der Waals surface area contributed by atoms with Gasteiger partial charge in [0, 0.05) is 10.6 Å². The van der Waals surface area contributed by atoms with Crippen LogP contribution in [0.2, 0.25) is 5.02 Å². The number of fused-ring (bicyclic) bond motifs is 1. The highest BCUT2D eigenvalue weighted by molar-refractivity contribution is 6.30. The SMILES string of the molecule is O=C(OCC(=O)c1cccc2ccccc12)c1cccc(Cl)c1. The molecule has 0 atom stereocenters. The van der Waals surface area contributed by atoms with Crippen LogP contribution in [0, 0.1) is 0 Å². The lowest BCUT2D eigenvalue weighted by Crippen LogP contribution is -2.14. The highest BCUT2D eigenvalue weighted by Gasteiger charge is 2.14. The summed E-state index contributed by atoms with van der Waals surface area (Å²) in [5, 5.41) is 2.26. The minimum Gasteiger partial charge on any atom is -0.454 e. The van der Waals surface area contributed by atoms with E-state index in [0.29, 0.717) is 16.1 Å². The number of esters is 1. The lowest BCUT2D eigenvalue weighted by molar-refractivity contribution is 0.0475. The van der Waals surface area contributed by atoms with Crippen LogP contribution in [0.3, 0.4) is 0 Å². The maximum absolute atomic E-state index is 12.4. The molecule has 0 heterocycles. The van der Waals surface area contributed by atoms with Crippen LogP contribution in [0.4, 0.5) is 0 Å². The van der Waals surface area contributed by atoms with Crippen molar-refractivity contribution in [3.05, 3.63) is 82.9 Å². The molecular formula is C19H13ClO3. The van der Waals surface area contributed by atoms with Gasteiger partial charge >= 0.3 is 5.97 Å². The van der Waals surface area contributed by atoms with Crippen LogP contribution >= 0.6 is 11.6 Å². The van der Waals surface area contributed by atoms with E-state index >= 15 is 0 Å². The minimum atomic E-state index is -0.568. The molecule has 0 unspecified atom stereocenters. The van der Waals surface area contributed by atoms with Crippen molar-refractivity contribution in [2.24, 2.45) is 0 Å². The minimum absolute atomic E-state index is 0.239. The van der Waals surface area contributed by atoms with Gasteiger partial charge in [0.2, 0.25) is 5.78 Å². The van der Waals surface area contributed by atoms with E-state index in [1.165, 1.54) is 6.07 Å². The van der Waals surface area contributed by atoms with Gasteiger partial charge in [-0.15, -0.1) is 0 Å². The molecule has 0 fully saturated rings. The van der Waals surface area contributed by atoms with E-state index in [4.69, 9.17) is 16.3 Å². The third-order valence-corrected chi connectivity index (χ3v) is 3.72. The highest BCUT2D eigenvalue weighted by atomic mass is 35.5. The summed E-state index contributed by atoms with van der Waals surface area (Å²) in [7, 11) is 0. The first-order chi connectivity index (χ1) is 11.1. The monoisotopic (exact) mass is 324 g/mol. The standard InChI is InChI=1S/C19H13ClO3/c20-15-8-3-7-14(11-15)19(22)23-12-18(21)17-10-4-6-13-5-1-2-9-16(13)17/h1-11H,12H2. The van der Waals surface area contributed by atoms with E-state index in [0.717, 1.165) is 10.8 Å². The predicted octanol–water partition coefficient (Wildman–Crippen LogP) is 4.53. The summed E-state index contributed by atoms with van der Waals surface area (Å²) in [5.74, 6) is -0.807. The molecule has 3 aromatic rings. The Labute approximate surface area is 138 Å². The van der Waals surface area contributed by atoms with Gasteiger partial charge in [-0.3, -0.25) is 4.79 Å². The van der Waals surface area contributed by atoms with E-state index in [1.807, 2.05) is 36.4 Å². The van der Waals surface area contributed by atoms with Gasteiger partial charge in [0.25, 0.3) is 0 Å². The van der Waals surface area contributed by atoms with Crippen molar-refractivity contribution < 1.29 is 14.3 Å². The number of ketones is 1. The molecule has 3 nitrogen and oxygen atoms in total. The Kier molecular flexibility index (Phi) is 4.40. The molecule has 0 radical (unpaired) electrons. The Morgan fingerprint density at radius 1 is 0.913 bits per heavy atom. The summed E-state index contributed by atoms with van der Waals surface area (Å²) < 4.78 is 5.10. The fourth-order valence-corrected chi connectivity index (χ4v) is 2.57. The molecule has 0 aliphatic rings. The Hall–Kier alpha value is -2.65. The zero-order chi connectivity index (χ0) is 16.2. The lowest BCUT2D eigenvalue weighted by atomic mass is 10.0. The van der Waals surface area contributed by atoms with Crippen LogP contribution < -0.4 is 0 Å². The number of carbonyl (C=O) groups is 2. The molecule has 3 rings (SSSR count). The largest absolute Gasteiger partial charge is 0.454 e. The molecule has 114 valence electrons. The second-order valence-electron chi connectivity index (χ2n) is 5.04. The van der Waals surface area contributed by atoms with E-state index in [2.05, 4.69) is 0 Å². The Morgan fingerprint density at radius 3 is 2.48 bits per heavy atom. The van der Waals surface area contributed by atoms with Gasteiger partial charge in [-0.25, -0.2) is 4.79 Å². The van der Waals surface area contributed by atoms with Crippen LogP contribution in [0.5, 0.6) is 0 Å². The topological polar surface area (TPSA) is 43.4 Å². The smallest absolute Gasteiger partial charge is 0.338 e. The first-order valence-corrected chi connectivity index (χ1v) is 7.46. The Bertz CT molecular complexity index is 881. The molecule has 3 aromatic carbocycles. The van der Waals surface area contributed by atoms with Gasteiger partial charge in [0.05, 0.1) is 5.56 Å². The summed E-state index contributed by atoms with van der Waals surface area (Å²) in [6.07, 6.45) is 0. The molecule has 4 heteroatoms. The Balaban J connectivity index is 1.75. The van der Waals surface area contributed by atoms with Crippen molar-refractivity contribution in [1.82, 2.24) is 0 Å². The van der Waals surface area contributed by atoms with Gasteiger partial charge < -0.3 is 4.74 Å². The average Bonchev–Trinajstić information content (AvgIpc) is 2.59. The second kappa shape index (κ2) is 6.63. The van der Waals surface area contributed by atoms with Crippen LogP contribution in [0.15, 0.2) is 66.7 Å². The van der Waals surface area contributed by atoms with Gasteiger partial charge in [-0.1, -0.05) is 60.1 Å². The molecule has 0 saturated carbocycles. The van der Waals surface area contributed by atoms with E-state index in [1.54, 1.807) is 24.3 Å². The third kappa shape index (κ3) is 3.41. The zero-order valence-corrected chi connectivity index (χ0v) is 12.9. The lowest BCUT2D eigenvalue weighted by Gasteiger charge is -2.07. The van der Waals surface area contributed by atoms with Crippen molar-refractivity contribution in [2.75, 3.05) is 6.61 Å². The quantitative estimate of drug-likeness (QED) is 0.523. The molecule has 0 aliphatic heterocycles. The molecule has 0 aliphatic carbocycles. The highest BCUT2D eigenvalue weighted by Crippen LogP contribution is 2.19. The van der Waals surface area contributed by atoms with Crippen molar-refractivity contribution in [3.63, 3.8) is 0 Å². The van der Waals surface area contributed by atoms with Gasteiger partial charge in [-0.05, 0) is 29.0 Å². The van der Waals surface area contributed by atoms with Gasteiger partial charge in [-0.2, -0.15) is 0 Å². The normalized spacial score (nSPS) is 10.5. The second-order valence-corrected chi connectivity index (χ2v) is 5.47. The fraction of sp³-hybridized carbons (Fsp3) is 0.0526. The van der Waals surface area contributed by atoms with Crippen molar-refractivity contribution in [2.45, 2.75) is 0 Å². The van der Waals surface area contributed by atoms with Gasteiger partial charge in [0.1, 0.15) is 0 Å². The molecule has 0 spiro atoms. The molecule has 0 bridgehead atoms. The number of ether oxygens (including phenoxy) is 1. The number of hydrogen-bond acceptors (Lipinski definition) is 3. The van der Waals surface area contributed by atoms with Crippen LogP contribution in [0.1, 0.15) is 20.7 Å². The van der Waals surface area contributed by atoms with Crippen molar-refractivity contribution >= 4 is 34.1 Å². The molecule has 23 heavy (non-hydrogen) atoms. The number of Topliss-reactive ketones (excluding diaryl/α,β-unsaturated/α-hetero) is 1. The molecule has 0 amide bonds. The number of rotatable bonds is 4. The van der Waals surface area contributed by atoms with Crippen molar-refractivity contribution in [1.29, 1.82) is 0 Å². The summed E-state index contributed by atoms with van der Waals surface area (Å²) >= 11 is 5.84. The zero-order valence-electron chi connectivity index (χ0n) is 12.2. The summed E-state index contributed by atoms with van der Waals surface area (Å²) in [4.78, 5) is 24.3. The van der Waals surface area contributed by atoms with Gasteiger partial charge in [0.15, 0.2) is 6.61 Å². The summed E-state index contributed by atoms with van der Waals surface area (Å²) in [5.41, 5.74) is 0.866. The fourth-order valence-electron chi connectivity index (χ4n) is 2.38. The average molecular weight is 325 g/mol. The number of carbonyl (C=O) groups excluding carboxylic acids is 2. The molecule has 0 N–H and O–H groups in total. The summed E-state index contributed by atoms with van der Waals surface area (Å²) in [6.45, 7) is -0.306. The maximum atomic E-state index is 12.4. The summed E-state index contributed by atoms with van der Waals surface area (Å²) in [6, 6.07) is 19.5. The molecule has 0 saturated heterocycles. The molecular weight excluding hydrogens is 312 g/mol. The number of hydrogen-bond donors (Lipinski definition) is 0. The predicted molar refractivity (Wildman–Crippen MR) is 90.0 cm³/mol. The van der Waals surface area contributed by atoms with Crippen LogP contribution in [-0.4, -0.2) is 18.4 Å². The van der Waals surface area contributed by atoms with E-state index < -0.39 is 5.97 Å². The number of halogens is 1. The number of benzene rings is 3. The first kappa shape index (κ1) is 15.3. The van der Waals surface area contributed by atoms with E-state index in [9.17, 15) is 9.59 Å². The van der Waals surface area contributed by atoms with Crippen LogP contribution in [0.25, 0.3) is 10.8 Å². The Morgan fingerprint density at radius 2 is 1.65 bits per heavy atom. The van der Waals surface area contributed by atoms with E-state index in [-0.39, 0.29) is 12.4 Å². The first-order valence-electron chi connectivity index (χ1n) is 7.09. The maximum Gasteiger partial charge on any atom is 0.338 e. The molecule has 0 aromatic heterocycles. The van der Waals surface area contributed by atoms with Crippen LogP contribution in [-0.2, 0) is 4.74 Å². The van der Waals surface area contributed by atoms with Crippen molar-refractivity contribution in [3.8, 4) is 0 Å². The third-order valence-electron chi connectivity index (χ3n) is 3.48.